The first kappa shape index (κ1) is 16.6. The van der Waals surface area contributed by atoms with E-state index in [2.05, 4.69) is 21.7 Å². The molecular formula is C19H25N3O2. The fourth-order valence-electron chi connectivity index (χ4n) is 3.24. The number of hydrogen-bond donors (Lipinski definition) is 3. The van der Waals surface area contributed by atoms with Gasteiger partial charge >= 0.3 is 0 Å². The van der Waals surface area contributed by atoms with Crippen LogP contribution in [0, 0.1) is 6.92 Å². The maximum absolute atomic E-state index is 11.0. The predicted octanol–water partition coefficient (Wildman–Crippen LogP) is 2.65. The zero-order valence-electron chi connectivity index (χ0n) is 14.5. The Morgan fingerprint density at radius 3 is 2.83 bits per heavy atom. The van der Waals surface area contributed by atoms with Crippen molar-refractivity contribution in [2.75, 3.05) is 13.6 Å². The molecule has 0 saturated heterocycles. The highest BCUT2D eigenvalue weighted by molar-refractivity contribution is 5.80. The van der Waals surface area contributed by atoms with Crippen LogP contribution in [0.1, 0.15) is 42.0 Å². The number of aryl methyl sites for hydroxylation is 2. The van der Waals surface area contributed by atoms with Crippen molar-refractivity contribution in [2.45, 2.75) is 38.3 Å². The van der Waals surface area contributed by atoms with Gasteiger partial charge in [0.1, 0.15) is 17.1 Å². The van der Waals surface area contributed by atoms with E-state index in [1.807, 2.05) is 44.2 Å². The zero-order valence-corrected chi connectivity index (χ0v) is 14.5. The first-order valence-electron chi connectivity index (χ1n) is 8.36. The highest BCUT2D eigenvalue weighted by Crippen LogP contribution is 2.36. The summed E-state index contributed by atoms with van der Waals surface area (Å²) in [6.45, 7) is 4.37. The molecule has 2 unspecified atom stereocenters. The fourth-order valence-corrected chi connectivity index (χ4v) is 3.24. The van der Waals surface area contributed by atoms with Gasteiger partial charge in [-0.3, -0.25) is 4.99 Å². The van der Waals surface area contributed by atoms with Gasteiger partial charge in [0.25, 0.3) is 0 Å². The molecule has 1 aromatic carbocycles. The van der Waals surface area contributed by atoms with Crippen molar-refractivity contribution in [3.63, 3.8) is 0 Å². The molecule has 24 heavy (non-hydrogen) atoms. The molecule has 0 radical (unpaired) electrons. The Morgan fingerprint density at radius 1 is 1.33 bits per heavy atom. The summed E-state index contributed by atoms with van der Waals surface area (Å²) in [5.41, 5.74) is 1.39. The van der Waals surface area contributed by atoms with E-state index in [0.717, 1.165) is 29.9 Å². The number of nitrogens with zero attached hydrogens (tertiary/aromatic N) is 1. The summed E-state index contributed by atoms with van der Waals surface area (Å²) in [5, 5.41) is 17.5. The van der Waals surface area contributed by atoms with Crippen LogP contribution in [-0.2, 0) is 12.0 Å². The Labute approximate surface area is 142 Å². The predicted molar refractivity (Wildman–Crippen MR) is 95.0 cm³/mol. The Hall–Kier alpha value is -2.27. The third-order valence-electron chi connectivity index (χ3n) is 4.64. The largest absolute Gasteiger partial charge is 0.464 e. The summed E-state index contributed by atoms with van der Waals surface area (Å²) in [7, 11) is 1.72. The van der Waals surface area contributed by atoms with Crippen molar-refractivity contribution < 1.29 is 9.52 Å². The van der Waals surface area contributed by atoms with Crippen LogP contribution < -0.4 is 10.6 Å². The molecule has 2 aromatic rings. The minimum absolute atomic E-state index is 0.00425. The van der Waals surface area contributed by atoms with Crippen molar-refractivity contribution in [3.05, 3.63) is 59.0 Å². The van der Waals surface area contributed by atoms with Crippen molar-refractivity contribution in [1.29, 1.82) is 0 Å². The number of hydrogen-bond acceptors (Lipinski definition) is 3. The Balaban J connectivity index is 1.63. The molecule has 1 aliphatic carbocycles. The molecule has 1 aliphatic rings. The lowest BCUT2D eigenvalue weighted by Crippen LogP contribution is -2.45. The van der Waals surface area contributed by atoms with Crippen LogP contribution in [0.4, 0.5) is 0 Å². The van der Waals surface area contributed by atoms with Crippen LogP contribution in [0.25, 0.3) is 0 Å². The summed E-state index contributed by atoms with van der Waals surface area (Å²) in [6, 6.07) is 12.0. The monoisotopic (exact) mass is 327 g/mol. The average Bonchev–Trinajstić information content (AvgIpc) is 3.16. The van der Waals surface area contributed by atoms with Crippen molar-refractivity contribution in [1.82, 2.24) is 10.6 Å². The lowest BCUT2D eigenvalue weighted by Gasteiger charge is -2.26. The molecule has 1 heterocycles. The van der Waals surface area contributed by atoms with E-state index < -0.39 is 5.60 Å². The topological polar surface area (TPSA) is 69.8 Å². The maximum atomic E-state index is 11.0. The van der Waals surface area contributed by atoms with E-state index in [-0.39, 0.29) is 6.04 Å². The van der Waals surface area contributed by atoms with Gasteiger partial charge in [0.05, 0.1) is 12.6 Å². The Morgan fingerprint density at radius 2 is 2.12 bits per heavy atom. The first-order chi connectivity index (χ1) is 11.5. The van der Waals surface area contributed by atoms with Gasteiger partial charge in [-0.2, -0.15) is 0 Å². The average molecular weight is 327 g/mol. The van der Waals surface area contributed by atoms with Gasteiger partial charge in [-0.15, -0.1) is 0 Å². The third-order valence-corrected chi connectivity index (χ3v) is 4.64. The number of nitrogens with one attached hydrogen (secondary N) is 2. The molecule has 3 rings (SSSR count). The summed E-state index contributed by atoms with van der Waals surface area (Å²) in [6.07, 6.45) is 1.63. The van der Waals surface area contributed by atoms with Crippen LogP contribution in [0.3, 0.4) is 0 Å². The Kier molecular flexibility index (Phi) is 4.62. The van der Waals surface area contributed by atoms with E-state index in [9.17, 15) is 5.11 Å². The molecule has 3 N–H and O–H groups in total. The molecule has 0 spiro atoms. The molecular weight excluding hydrogens is 302 g/mol. The van der Waals surface area contributed by atoms with Gasteiger partial charge < -0.3 is 20.2 Å². The standard InChI is InChI=1S/C19H25N3O2/c1-13-8-9-17(24-13)14(2)22-18(20-3)21-12-19(23)11-10-15-6-4-5-7-16(15)19/h4-9,14,23H,10-12H2,1-3H3,(H2,20,21,22). The number of furan rings is 1. The minimum atomic E-state index is -0.848. The van der Waals surface area contributed by atoms with Crippen LogP contribution in [0.2, 0.25) is 0 Å². The molecule has 5 nitrogen and oxygen atoms in total. The number of aliphatic imine (C=N–C) groups is 1. The van der Waals surface area contributed by atoms with E-state index in [0.29, 0.717) is 12.5 Å². The lowest BCUT2D eigenvalue weighted by molar-refractivity contribution is 0.0431. The minimum Gasteiger partial charge on any atom is -0.464 e. The molecule has 0 fully saturated rings. The molecule has 0 bridgehead atoms. The van der Waals surface area contributed by atoms with Crippen LogP contribution in [-0.4, -0.2) is 24.7 Å². The van der Waals surface area contributed by atoms with Gasteiger partial charge in [-0.25, -0.2) is 0 Å². The van der Waals surface area contributed by atoms with E-state index in [1.165, 1.54) is 5.56 Å². The lowest BCUT2D eigenvalue weighted by atomic mass is 9.96. The van der Waals surface area contributed by atoms with Gasteiger partial charge in [0.2, 0.25) is 0 Å². The van der Waals surface area contributed by atoms with Gasteiger partial charge in [0, 0.05) is 7.05 Å². The van der Waals surface area contributed by atoms with Crippen molar-refractivity contribution in [3.8, 4) is 0 Å². The molecule has 1 aromatic heterocycles. The van der Waals surface area contributed by atoms with Gasteiger partial charge in [-0.1, -0.05) is 24.3 Å². The van der Waals surface area contributed by atoms with Crippen LogP contribution in [0.15, 0.2) is 45.8 Å². The first-order valence-corrected chi connectivity index (χ1v) is 8.36. The second-order valence-corrected chi connectivity index (χ2v) is 6.43. The number of aliphatic hydroxyl groups is 1. The zero-order chi connectivity index (χ0) is 17.2. The highest BCUT2D eigenvalue weighted by atomic mass is 16.3. The maximum Gasteiger partial charge on any atom is 0.191 e. The number of fused-ring (bicyclic) bond motifs is 1. The summed E-state index contributed by atoms with van der Waals surface area (Å²) in [4.78, 5) is 4.25. The molecule has 0 saturated carbocycles. The SMILES string of the molecule is CN=C(NCC1(O)CCc2ccccc21)NC(C)c1ccc(C)o1. The molecule has 128 valence electrons. The second-order valence-electron chi connectivity index (χ2n) is 6.43. The molecule has 0 amide bonds. The van der Waals surface area contributed by atoms with E-state index in [1.54, 1.807) is 7.05 Å². The summed E-state index contributed by atoms with van der Waals surface area (Å²) >= 11 is 0. The number of benzene rings is 1. The Bertz CT molecular complexity index is 738. The van der Waals surface area contributed by atoms with E-state index in [4.69, 9.17) is 4.42 Å². The fraction of sp³-hybridized carbons (Fsp3) is 0.421. The number of guanidine groups is 1. The van der Waals surface area contributed by atoms with Gasteiger partial charge in [0.15, 0.2) is 5.96 Å². The molecule has 2 atom stereocenters. The summed E-state index contributed by atoms with van der Waals surface area (Å²) < 4.78 is 5.64. The normalized spacial score (nSPS) is 21.4. The highest BCUT2D eigenvalue weighted by Gasteiger charge is 2.36. The second kappa shape index (κ2) is 6.69. The van der Waals surface area contributed by atoms with E-state index >= 15 is 0 Å². The number of rotatable bonds is 4. The van der Waals surface area contributed by atoms with Gasteiger partial charge in [-0.05, 0) is 49.9 Å². The third kappa shape index (κ3) is 3.31. The van der Waals surface area contributed by atoms with Crippen molar-refractivity contribution in [2.24, 2.45) is 4.99 Å². The molecule has 5 heteroatoms. The summed E-state index contributed by atoms with van der Waals surface area (Å²) in [5.74, 6) is 2.40. The van der Waals surface area contributed by atoms with Crippen LogP contribution in [0.5, 0.6) is 0 Å². The molecule has 0 aliphatic heterocycles. The smallest absolute Gasteiger partial charge is 0.191 e. The van der Waals surface area contributed by atoms with Crippen molar-refractivity contribution >= 4 is 5.96 Å². The quantitative estimate of drug-likeness (QED) is 0.596. The van der Waals surface area contributed by atoms with Crippen LogP contribution >= 0.6 is 0 Å².